The van der Waals surface area contributed by atoms with Crippen LogP contribution in [0.15, 0.2) is 6.07 Å². The quantitative estimate of drug-likeness (QED) is 0.841. The van der Waals surface area contributed by atoms with Crippen LogP contribution in [0.1, 0.15) is 42.4 Å². The molecule has 0 bridgehead atoms. The smallest absolute Gasteiger partial charge is 0.425 e. The van der Waals surface area contributed by atoms with E-state index in [0.29, 0.717) is 25.0 Å². The van der Waals surface area contributed by atoms with Crippen molar-refractivity contribution in [1.82, 2.24) is 10.2 Å². The number of esters is 1. The van der Waals surface area contributed by atoms with E-state index >= 15 is 0 Å². The van der Waals surface area contributed by atoms with Gasteiger partial charge in [0.1, 0.15) is 0 Å². The Bertz CT molecular complexity index is 452. The van der Waals surface area contributed by atoms with Crippen molar-refractivity contribution in [2.24, 2.45) is 5.92 Å². The van der Waals surface area contributed by atoms with E-state index in [9.17, 15) is 18.0 Å². The molecule has 19 heavy (non-hydrogen) atoms. The maximum atomic E-state index is 12.7. The fraction of sp³-hybridized carbons (Fsp3) is 0.667. The Morgan fingerprint density at radius 3 is 2.79 bits per heavy atom. The van der Waals surface area contributed by atoms with Crippen LogP contribution in [-0.2, 0) is 11.2 Å². The largest absolute Gasteiger partial charge is 0.448 e. The first-order valence-electron chi connectivity index (χ1n) is 6.23. The number of aromatic nitrogens is 2. The van der Waals surface area contributed by atoms with E-state index < -0.39 is 24.2 Å². The summed E-state index contributed by atoms with van der Waals surface area (Å²) in [4.78, 5) is 11.6. The molecule has 0 saturated heterocycles. The molecule has 1 aliphatic carbocycles. The van der Waals surface area contributed by atoms with Crippen LogP contribution in [0, 0.1) is 5.92 Å². The normalized spacial score (nSPS) is 17.3. The number of nitrogens with one attached hydrogen (secondary N) is 1. The zero-order chi connectivity index (χ0) is 14.0. The Hall–Kier alpha value is -1.53. The zero-order valence-electron chi connectivity index (χ0n) is 10.5. The molecule has 7 heteroatoms. The van der Waals surface area contributed by atoms with Crippen molar-refractivity contribution in [3.05, 3.63) is 17.5 Å². The molecule has 0 aliphatic heterocycles. The number of alkyl halides is 3. The van der Waals surface area contributed by atoms with Crippen LogP contribution in [0.4, 0.5) is 13.2 Å². The van der Waals surface area contributed by atoms with Crippen molar-refractivity contribution in [1.29, 1.82) is 0 Å². The first kappa shape index (κ1) is 13.9. The number of ether oxygens (including phenoxy) is 1. The molecule has 1 heterocycles. The molecule has 1 aromatic heterocycles. The number of rotatable bonds is 5. The van der Waals surface area contributed by atoms with Crippen LogP contribution in [0.3, 0.4) is 0 Å². The molecule has 1 saturated carbocycles. The second-order valence-corrected chi connectivity index (χ2v) is 4.73. The van der Waals surface area contributed by atoms with Crippen molar-refractivity contribution in [3.8, 4) is 0 Å². The van der Waals surface area contributed by atoms with Crippen molar-refractivity contribution in [3.63, 3.8) is 0 Å². The highest BCUT2D eigenvalue weighted by Crippen LogP contribution is 2.42. The van der Waals surface area contributed by atoms with Gasteiger partial charge in [0.15, 0.2) is 11.8 Å². The van der Waals surface area contributed by atoms with Crippen LogP contribution in [-0.4, -0.2) is 28.4 Å². The lowest BCUT2D eigenvalue weighted by Crippen LogP contribution is -2.35. The summed E-state index contributed by atoms with van der Waals surface area (Å²) in [5, 5.41) is 6.30. The minimum atomic E-state index is -4.51. The summed E-state index contributed by atoms with van der Waals surface area (Å²) in [6.45, 7) is 1.95. The average molecular weight is 276 g/mol. The highest BCUT2D eigenvalue weighted by atomic mass is 19.4. The van der Waals surface area contributed by atoms with E-state index in [4.69, 9.17) is 0 Å². The molecule has 4 nitrogen and oxygen atoms in total. The molecule has 0 spiro atoms. The van der Waals surface area contributed by atoms with Gasteiger partial charge in [0.25, 0.3) is 0 Å². The standard InChI is InChI=1S/C12H15F3N2O2/c1-2-3-8-6-9(17-16-8)11(18)19-10(7-4-5-7)12(13,14)15/h6-7,10H,2-5H2,1H3,(H,16,17)/t10-/m0/s1. The van der Waals surface area contributed by atoms with Crippen LogP contribution in [0.2, 0.25) is 0 Å². The summed E-state index contributed by atoms with van der Waals surface area (Å²) >= 11 is 0. The fourth-order valence-corrected chi connectivity index (χ4v) is 1.87. The van der Waals surface area contributed by atoms with Gasteiger partial charge in [-0.25, -0.2) is 4.79 Å². The second kappa shape index (κ2) is 5.22. The lowest BCUT2D eigenvalue weighted by molar-refractivity contribution is -0.210. The summed E-state index contributed by atoms with van der Waals surface area (Å²) in [6, 6.07) is 1.44. The van der Waals surface area contributed by atoms with Gasteiger partial charge in [-0.3, -0.25) is 5.10 Å². The number of H-pyrrole nitrogens is 1. The third-order valence-corrected chi connectivity index (χ3v) is 2.97. The molecule has 2 rings (SSSR count). The highest BCUT2D eigenvalue weighted by Gasteiger charge is 2.52. The Kier molecular flexibility index (Phi) is 3.82. The monoisotopic (exact) mass is 276 g/mol. The van der Waals surface area contributed by atoms with Gasteiger partial charge in [0.05, 0.1) is 0 Å². The predicted molar refractivity (Wildman–Crippen MR) is 60.6 cm³/mol. The molecular formula is C12H15F3N2O2. The summed E-state index contributed by atoms with van der Waals surface area (Å²) in [6.07, 6.45) is -4.10. The van der Waals surface area contributed by atoms with Gasteiger partial charge in [-0.05, 0) is 25.3 Å². The predicted octanol–water partition coefficient (Wildman–Crippen LogP) is 2.86. The molecule has 1 atom stereocenters. The van der Waals surface area contributed by atoms with Crippen LogP contribution >= 0.6 is 0 Å². The summed E-state index contributed by atoms with van der Waals surface area (Å²) < 4.78 is 42.7. The van der Waals surface area contributed by atoms with Gasteiger partial charge in [-0.15, -0.1) is 0 Å². The number of halogens is 3. The topological polar surface area (TPSA) is 55.0 Å². The van der Waals surface area contributed by atoms with Crippen molar-refractivity contribution in [2.45, 2.75) is 44.9 Å². The van der Waals surface area contributed by atoms with E-state index in [2.05, 4.69) is 14.9 Å². The Morgan fingerprint density at radius 2 is 2.26 bits per heavy atom. The third kappa shape index (κ3) is 3.48. The van der Waals surface area contributed by atoms with Gasteiger partial charge in [0, 0.05) is 11.6 Å². The number of carbonyl (C=O) groups is 1. The summed E-state index contributed by atoms with van der Waals surface area (Å²) in [5.74, 6) is -1.62. The fourth-order valence-electron chi connectivity index (χ4n) is 1.87. The first-order chi connectivity index (χ1) is 8.91. The van der Waals surface area contributed by atoms with Gasteiger partial charge in [0.2, 0.25) is 0 Å². The highest BCUT2D eigenvalue weighted by molar-refractivity contribution is 5.87. The lowest BCUT2D eigenvalue weighted by Gasteiger charge is -2.19. The average Bonchev–Trinajstić information content (AvgIpc) is 3.04. The zero-order valence-corrected chi connectivity index (χ0v) is 10.5. The Morgan fingerprint density at radius 1 is 1.58 bits per heavy atom. The second-order valence-electron chi connectivity index (χ2n) is 4.73. The molecular weight excluding hydrogens is 261 g/mol. The van der Waals surface area contributed by atoms with E-state index in [1.807, 2.05) is 6.92 Å². The maximum absolute atomic E-state index is 12.7. The van der Waals surface area contributed by atoms with E-state index in [0.717, 1.165) is 6.42 Å². The Labute approximate surface area is 108 Å². The van der Waals surface area contributed by atoms with Crippen LogP contribution < -0.4 is 0 Å². The molecule has 0 amide bonds. The number of hydrogen-bond acceptors (Lipinski definition) is 3. The maximum Gasteiger partial charge on any atom is 0.425 e. The molecule has 1 aliphatic rings. The van der Waals surface area contributed by atoms with Gasteiger partial charge < -0.3 is 4.74 Å². The number of aryl methyl sites for hydroxylation is 1. The Balaban J connectivity index is 2.02. The van der Waals surface area contributed by atoms with E-state index in [-0.39, 0.29) is 5.69 Å². The van der Waals surface area contributed by atoms with Gasteiger partial charge in [-0.2, -0.15) is 18.3 Å². The number of aromatic amines is 1. The van der Waals surface area contributed by atoms with Crippen LogP contribution in [0.5, 0.6) is 0 Å². The molecule has 0 unspecified atom stereocenters. The lowest BCUT2D eigenvalue weighted by atomic mass is 10.2. The minimum absolute atomic E-state index is 0.0987. The third-order valence-electron chi connectivity index (χ3n) is 2.97. The SMILES string of the molecule is CCCc1cc(C(=O)O[C@@H](C2CC2)C(F)(F)F)n[nH]1. The molecule has 106 valence electrons. The summed E-state index contributed by atoms with van der Waals surface area (Å²) in [7, 11) is 0. The minimum Gasteiger partial charge on any atom is -0.448 e. The first-order valence-corrected chi connectivity index (χ1v) is 6.23. The number of carbonyl (C=O) groups excluding carboxylic acids is 1. The molecule has 0 radical (unpaired) electrons. The van der Waals surface area contributed by atoms with Crippen molar-refractivity contribution < 1.29 is 22.7 Å². The van der Waals surface area contributed by atoms with E-state index in [1.54, 1.807) is 0 Å². The number of hydrogen-bond donors (Lipinski definition) is 1. The van der Waals surface area contributed by atoms with Gasteiger partial charge in [-0.1, -0.05) is 13.3 Å². The summed E-state index contributed by atoms with van der Waals surface area (Å²) in [5.41, 5.74) is 0.614. The van der Waals surface area contributed by atoms with Gasteiger partial charge >= 0.3 is 12.1 Å². The van der Waals surface area contributed by atoms with Crippen LogP contribution in [0.25, 0.3) is 0 Å². The van der Waals surface area contributed by atoms with Crippen molar-refractivity contribution in [2.75, 3.05) is 0 Å². The van der Waals surface area contributed by atoms with E-state index in [1.165, 1.54) is 6.07 Å². The molecule has 1 aromatic rings. The molecule has 1 fully saturated rings. The van der Waals surface area contributed by atoms with Crippen molar-refractivity contribution >= 4 is 5.97 Å². The molecule has 0 aromatic carbocycles. The molecule has 1 N–H and O–H groups in total. The number of nitrogens with zero attached hydrogens (tertiary/aromatic N) is 1.